The summed E-state index contributed by atoms with van der Waals surface area (Å²) in [5.41, 5.74) is 3.40. The fourth-order valence-corrected chi connectivity index (χ4v) is 3.03. The number of nitrogens with one attached hydrogen (secondary N) is 1. The summed E-state index contributed by atoms with van der Waals surface area (Å²) in [6, 6.07) is 13.9. The zero-order valence-electron chi connectivity index (χ0n) is 10.8. The Morgan fingerprint density at radius 3 is 2.60 bits per heavy atom. The van der Waals surface area contributed by atoms with Crippen molar-refractivity contribution >= 4 is 61.5 Å². The third-order valence-corrected chi connectivity index (χ3v) is 5.11. The van der Waals surface area contributed by atoms with Crippen molar-refractivity contribution in [1.82, 2.24) is 0 Å². The average molecular weight is 387 g/mol. The van der Waals surface area contributed by atoms with Crippen LogP contribution in [0.25, 0.3) is 0 Å². The molecule has 2 aromatic rings. The van der Waals surface area contributed by atoms with E-state index in [9.17, 15) is 0 Å². The third kappa shape index (κ3) is 4.77. The lowest BCUT2D eigenvalue weighted by molar-refractivity contribution is 1.42. The quantitative estimate of drug-likeness (QED) is 0.646. The summed E-state index contributed by atoms with van der Waals surface area (Å²) in [6.07, 6.45) is 0. The molecule has 0 unspecified atom stereocenters. The second-order valence-electron chi connectivity index (χ2n) is 4.29. The Bertz CT molecular complexity index is 614. The van der Waals surface area contributed by atoms with Gasteiger partial charge in [0.2, 0.25) is 0 Å². The maximum Gasteiger partial charge on any atom is 0.138 e. The third-order valence-electron chi connectivity index (χ3n) is 2.70. The lowest BCUT2D eigenvalue weighted by atomic mass is 10.2. The van der Waals surface area contributed by atoms with Gasteiger partial charge in [0.25, 0.3) is 0 Å². The van der Waals surface area contributed by atoms with Gasteiger partial charge in [-0.15, -0.1) is 0 Å². The van der Waals surface area contributed by atoms with Crippen molar-refractivity contribution < 1.29 is 0 Å². The van der Waals surface area contributed by atoms with Crippen molar-refractivity contribution in [2.75, 3.05) is 5.32 Å². The maximum absolute atomic E-state index is 5.86. The Labute approximate surface area is 142 Å². The highest BCUT2D eigenvalue weighted by atomic mass is 79.9. The van der Waals surface area contributed by atoms with Crippen LogP contribution < -0.4 is 5.32 Å². The smallest absolute Gasteiger partial charge is 0.138 e. The molecule has 0 heterocycles. The fraction of sp³-hybridized carbons (Fsp3) is 0.133. The van der Waals surface area contributed by atoms with Crippen LogP contribution >= 0.6 is 51.5 Å². The minimum Gasteiger partial charge on any atom is -0.341 e. The zero-order chi connectivity index (χ0) is 14.5. The molecule has 5 heteroatoms. The molecule has 0 radical (unpaired) electrons. The van der Waals surface area contributed by atoms with Crippen LogP contribution in [0, 0.1) is 6.92 Å². The Balaban J connectivity index is 1.89. The van der Waals surface area contributed by atoms with E-state index >= 15 is 0 Å². The monoisotopic (exact) mass is 385 g/mol. The normalized spacial score (nSPS) is 10.3. The zero-order valence-corrected chi connectivity index (χ0v) is 14.8. The van der Waals surface area contributed by atoms with Gasteiger partial charge in [0, 0.05) is 20.9 Å². The van der Waals surface area contributed by atoms with E-state index in [1.165, 1.54) is 11.1 Å². The molecule has 0 aliphatic heterocycles. The lowest BCUT2D eigenvalue weighted by Gasteiger charge is -2.09. The second-order valence-corrected chi connectivity index (χ2v) is 7.23. The van der Waals surface area contributed by atoms with Crippen molar-refractivity contribution in [3.63, 3.8) is 0 Å². The van der Waals surface area contributed by atoms with Crippen LogP contribution in [0.15, 0.2) is 46.9 Å². The van der Waals surface area contributed by atoms with E-state index in [0.717, 1.165) is 25.3 Å². The summed E-state index contributed by atoms with van der Waals surface area (Å²) in [7, 11) is 0. The highest BCUT2D eigenvalue weighted by Gasteiger charge is 2.02. The number of hydrogen-bond acceptors (Lipinski definition) is 2. The molecular formula is C15H13BrClNS2. The van der Waals surface area contributed by atoms with Crippen LogP contribution in [0.5, 0.6) is 0 Å². The van der Waals surface area contributed by atoms with Gasteiger partial charge in [-0.25, -0.2) is 0 Å². The molecule has 2 rings (SSSR count). The SMILES string of the molecule is Cc1ccc(NC(=S)SCc2ccc(Cl)cc2)cc1Br. The number of thioether (sulfide) groups is 1. The summed E-state index contributed by atoms with van der Waals surface area (Å²) < 4.78 is 1.84. The highest BCUT2D eigenvalue weighted by molar-refractivity contribution is 9.10. The minimum atomic E-state index is 0.754. The first kappa shape index (κ1) is 15.8. The standard InChI is InChI=1S/C15H13BrClNS2/c1-10-2-7-13(8-14(10)16)18-15(19)20-9-11-3-5-12(17)6-4-11/h2-8H,9H2,1H3,(H,18,19). The first-order valence-electron chi connectivity index (χ1n) is 5.99. The van der Waals surface area contributed by atoms with Crippen molar-refractivity contribution in [3.05, 3.63) is 63.1 Å². The van der Waals surface area contributed by atoms with E-state index in [1.54, 1.807) is 11.8 Å². The van der Waals surface area contributed by atoms with Crippen LogP contribution in [0.4, 0.5) is 5.69 Å². The number of hydrogen-bond donors (Lipinski definition) is 1. The molecule has 1 nitrogen and oxygen atoms in total. The van der Waals surface area contributed by atoms with Gasteiger partial charge in [0.1, 0.15) is 4.32 Å². The van der Waals surface area contributed by atoms with E-state index in [-0.39, 0.29) is 0 Å². The predicted molar refractivity (Wildman–Crippen MR) is 97.8 cm³/mol. The van der Waals surface area contributed by atoms with Gasteiger partial charge in [-0.05, 0) is 42.3 Å². The molecule has 0 amide bonds. The van der Waals surface area contributed by atoms with Gasteiger partial charge in [-0.3, -0.25) is 0 Å². The Morgan fingerprint density at radius 1 is 1.25 bits per heavy atom. The summed E-state index contributed by atoms with van der Waals surface area (Å²) in [4.78, 5) is 0. The number of anilines is 1. The number of benzene rings is 2. The predicted octanol–water partition coefficient (Wildman–Crippen LogP) is 6.04. The molecule has 0 saturated carbocycles. The highest BCUT2D eigenvalue weighted by Crippen LogP contribution is 2.23. The van der Waals surface area contributed by atoms with Gasteiger partial charge < -0.3 is 5.32 Å². The van der Waals surface area contributed by atoms with Crippen LogP contribution in [-0.2, 0) is 5.75 Å². The molecule has 2 aromatic carbocycles. The van der Waals surface area contributed by atoms with Crippen molar-refractivity contribution in [1.29, 1.82) is 0 Å². The molecule has 0 saturated heterocycles. The fourth-order valence-electron chi connectivity index (χ4n) is 1.55. The summed E-state index contributed by atoms with van der Waals surface area (Å²) in [5, 5.41) is 3.98. The number of aryl methyl sites for hydroxylation is 1. The number of halogens is 2. The topological polar surface area (TPSA) is 12.0 Å². The maximum atomic E-state index is 5.86. The molecular weight excluding hydrogens is 374 g/mol. The average Bonchev–Trinajstić information content (AvgIpc) is 2.42. The van der Waals surface area contributed by atoms with E-state index < -0.39 is 0 Å². The van der Waals surface area contributed by atoms with Crippen molar-refractivity contribution in [2.24, 2.45) is 0 Å². The molecule has 0 aliphatic rings. The molecule has 0 atom stereocenters. The summed E-state index contributed by atoms with van der Waals surface area (Å²) >= 11 is 16.3. The minimum absolute atomic E-state index is 0.754. The van der Waals surface area contributed by atoms with Gasteiger partial charge in [0.05, 0.1) is 0 Å². The largest absolute Gasteiger partial charge is 0.341 e. The molecule has 0 aromatic heterocycles. The molecule has 1 N–H and O–H groups in total. The second kappa shape index (κ2) is 7.46. The Hall–Kier alpha value is -0.550. The summed E-state index contributed by atoms with van der Waals surface area (Å²) in [6.45, 7) is 2.06. The van der Waals surface area contributed by atoms with Crippen molar-refractivity contribution in [3.8, 4) is 0 Å². The van der Waals surface area contributed by atoms with Crippen LogP contribution in [0.2, 0.25) is 5.02 Å². The molecule has 0 aliphatic carbocycles. The van der Waals surface area contributed by atoms with Crippen LogP contribution in [0.3, 0.4) is 0 Å². The first-order chi connectivity index (χ1) is 9.54. The lowest BCUT2D eigenvalue weighted by Crippen LogP contribution is -2.04. The molecule has 0 spiro atoms. The molecule has 0 fully saturated rings. The molecule has 0 bridgehead atoms. The van der Waals surface area contributed by atoms with Gasteiger partial charge in [-0.2, -0.15) is 0 Å². The molecule has 104 valence electrons. The van der Waals surface area contributed by atoms with Crippen molar-refractivity contribution in [2.45, 2.75) is 12.7 Å². The van der Waals surface area contributed by atoms with Gasteiger partial charge in [0.15, 0.2) is 0 Å². The Kier molecular flexibility index (Phi) is 5.90. The van der Waals surface area contributed by atoms with Crippen LogP contribution in [0.1, 0.15) is 11.1 Å². The van der Waals surface area contributed by atoms with Gasteiger partial charge in [-0.1, -0.05) is 69.7 Å². The molecule has 20 heavy (non-hydrogen) atoms. The summed E-state index contributed by atoms with van der Waals surface area (Å²) in [5.74, 6) is 0.829. The van der Waals surface area contributed by atoms with Crippen LogP contribution in [-0.4, -0.2) is 4.32 Å². The number of rotatable bonds is 3. The number of thiocarbonyl (C=S) groups is 1. The van der Waals surface area contributed by atoms with Gasteiger partial charge >= 0.3 is 0 Å². The van der Waals surface area contributed by atoms with E-state index in [2.05, 4.69) is 34.2 Å². The van der Waals surface area contributed by atoms with E-state index in [4.69, 9.17) is 23.8 Å². The first-order valence-corrected chi connectivity index (χ1v) is 8.55. The Morgan fingerprint density at radius 2 is 1.95 bits per heavy atom. The van der Waals surface area contributed by atoms with E-state index in [1.807, 2.05) is 36.4 Å². The van der Waals surface area contributed by atoms with E-state index in [0.29, 0.717) is 0 Å².